The van der Waals surface area contributed by atoms with Crippen molar-refractivity contribution >= 4 is 42.9 Å². The van der Waals surface area contributed by atoms with Gasteiger partial charge in [-0.15, -0.1) is 0 Å². The Balaban J connectivity index is 2.38. The first kappa shape index (κ1) is 16.7. The quantitative estimate of drug-likeness (QED) is 0.443. The first-order chi connectivity index (χ1) is 10.8. The van der Waals surface area contributed by atoms with E-state index < -0.39 is 0 Å². The molecule has 0 radical (unpaired) electrons. The number of pyridine rings is 1. The second-order valence-electron chi connectivity index (χ2n) is 6.36. The number of benzene rings is 1. The standard InChI is InChI=1S/C19H20Br2N2/c1-10(2)14-8-16(20)18(17(21)9-14)23-13(5)12(4)15-7-6-11(3)22-19(15)23/h6-10H,1-5H3. The summed E-state index contributed by atoms with van der Waals surface area (Å²) in [6, 6.07) is 8.66. The third-order valence-corrected chi connectivity index (χ3v) is 5.65. The molecule has 3 aromatic rings. The van der Waals surface area contributed by atoms with Crippen molar-refractivity contribution in [3.63, 3.8) is 0 Å². The molecule has 0 aliphatic carbocycles. The van der Waals surface area contributed by atoms with Crippen LogP contribution < -0.4 is 0 Å². The summed E-state index contributed by atoms with van der Waals surface area (Å²) < 4.78 is 4.41. The maximum absolute atomic E-state index is 4.79. The predicted molar refractivity (Wildman–Crippen MR) is 105 cm³/mol. The van der Waals surface area contributed by atoms with Gasteiger partial charge in [0.2, 0.25) is 0 Å². The molecule has 1 aromatic carbocycles. The maximum Gasteiger partial charge on any atom is 0.145 e. The lowest BCUT2D eigenvalue weighted by atomic mass is 10.0. The highest BCUT2D eigenvalue weighted by atomic mass is 79.9. The van der Waals surface area contributed by atoms with Gasteiger partial charge in [0.25, 0.3) is 0 Å². The van der Waals surface area contributed by atoms with Crippen LogP contribution in [0.1, 0.15) is 42.3 Å². The summed E-state index contributed by atoms with van der Waals surface area (Å²) in [5.41, 5.74) is 6.96. The molecule has 120 valence electrons. The molecule has 2 heterocycles. The van der Waals surface area contributed by atoms with E-state index in [-0.39, 0.29) is 0 Å². The minimum Gasteiger partial charge on any atom is -0.296 e. The van der Waals surface area contributed by atoms with E-state index >= 15 is 0 Å². The molecule has 0 saturated carbocycles. The average molecular weight is 436 g/mol. The molecule has 0 aliphatic rings. The lowest BCUT2D eigenvalue weighted by molar-refractivity contribution is 0.861. The molecule has 0 N–H and O–H groups in total. The van der Waals surface area contributed by atoms with Crippen LogP contribution in [0.4, 0.5) is 0 Å². The van der Waals surface area contributed by atoms with E-state index in [0.717, 1.165) is 26.0 Å². The van der Waals surface area contributed by atoms with Crippen molar-refractivity contribution in [2.24, 2.45) is 0 Å². The molecular formula is C19H20Br2N2. The summed E-state index contributed by atoms with van der Waals surface area (Å²) in [5, 5.41) is 1.21. The van der Waals surface area contributed by atoms with E-state index in [1.807, 2.05) is 6.92 Å². The molecule has 0 spiro atoms. The Morgan fingerprint density at radius 3 is 2.17 bits per heavy atom. The Morgan fingerprint density at radius 1 is 1.00 bits per heavy atom. The number of aryl methyl sites for hydroxylation is 2. The third-order valence-electron chi connectivity index (χ3n) is 4.44. The number of rotatable bonds is 2. The van der Waals surface area contributed by atoms with Crippen molar-refractivity contribution in [3.8, 4) is 5.69 Å². The van der Waals surface area contributed by atoms with Crippen molar-refractivity contribution in [3.05, 3.63) is 55.7 Å². The van der Waals surface area contributed by atoms with Crippen molar-refractivity contribution in [1.82, 2.24) is 9.55 Å². The van der Waals surface area contributed by atoms with Crippen molar-refractivity contribution in [2.75, 3.05) is 0 Å². The second-order valence-corrected chi connectivity index (χ2v) is 8.07. The van der Waals surface area contributed by atoms with Crippen molar-refractivity contribution in [1.29, 1.82) is 0 Å². The number of hydrogen-bond donors (Lipinski definition) is 0. The first-order valence-corrected chi connectivity index (χ1v) is 9.34. The highest BCUT2D eigenvalue weighted by Gasteiger charge is 2.19. The summed E-state index contributed by atoms with van der Waals surface area (Å²) >= 11 is 7.54. The summed E-state index contributed by atoms with van der Waals surface area (Å²) in [6.07, 6.45) is 0. The summed E-state index contributed by atoms with van der Waals surface area (Å²) in [5.74, 6) is 0.487. The van der Waals surface area contributed by atoms with Crippen molar-refractivity contribution in [2.45, 2.75) is 40.5 Å². The normalized spacial score (nSPS) is 11.7. The summed E-state index contributed by atoms with van der Waals surface area (Å²) in [7, 11) is 0. The van der Waals surface area contributed by atoms with Gasteiger partial charge in [0.15, 0.2) is 0 Å². The fraction of sp³-hybridized carbons (Fsp3) is 0.316. The Hall–Kier alpha value is -1.13. The Bertz CT molecular complexity index is 884. The van der Waals surface area contributed by atoms with E-state index in [0.29, 0.717) is 5.92 Å². The molecule has 0 amide bonds. The van der Waals surface area contributed by atoms with Crippen molar-refractivity contribution < 1.29 is 0 Å². The van der Waals surface area contributed by atoms with E-state index in [9.17, 15) is 0 Å². The van der Waals surface area contributed by atoms with Crippen LogP contribution in [0.15, 0.2) is 33.2 Å². The molecule has 3 rings (SSSR count). The minimum atomic E-state index is 0.487. The smallest absolute Gasteiger partial charge is 0.145 e. The Labute approximate surface area is 154 Å². The molecule has 23 heavy (non-hydrogen) atoms. The number of aromatic nitrogens is 2. The van der Waals surface area contributed by atoms with Crippen LogP contribution in [0, 0.1) is 20.8 Å². The molecular weight excluding hydrogens is 416 g/mol. The lowest BCUT2D eigenvalue weighted by Gasteiger charge is -2.16. The zero-order valence-electron chi connectivity index (χ0n) is 14.0. The predicted octanol–water partition coefficient (Wildman–Crippen LogP) is 6.60. The van der Waals surface area contributed by atoms with Gasteiger partial charge in [-0.3, -0.25) is 4.57 Å². The van der Waals surface area contributed by atoms with Crippen LogP contribution in [0.2, 0.25) is 0 Å². The van der Waals surface area contributed by atoms with Crippen LogP contribution in [-0.4, -0.2) is 9.55 Å². The van der Waals surface area contributed by atoms with Crippen LogP contribution in [0.5, 0.6) is 0 Å². The van der Waals surface area contributed by atoms with Gasteiger partial charge in [-0.05, 0) is 93.9 Å². The molecule has 4 heteroatoms. The zero-order valence-corrected chi connectivity index (χ0v) is 17.2. The van der Waals surface area contributed by atoms with Gasteiger partial charge in [-0.2, -0.15) is 0 Å². The molecule has 0 bridgehead atoms. The molecule has 0 aliphatic heterocycles. The molecule has 0 fully saturated rings. The van der Waals surface area contributed by atoms with Gasteiger partial charge < -0.3 is 0 Å². The van der Waals surface area contributed by atoms with E-state index in [4.69, 9.17) is 4.98 Å². The summed E-state index contributed by atoms with van der Waals surface area (Å²) in [6.45, 7) is 10.8. The number of nitrogens with zero attached hydrogens (tertiary/aromatic N) is 2. The number of hydrogen-bond acceptors (Lipinski definition) is 1. The molecule has 0 saturated heterocycles. The zero-order chi connectivity index (χ0) is 16.9. The minimum absolute atomic E-state index is 0.487. The van der Waals surface area contributed by atoms with Crippen LogP contribution in [0.25, 0.3) is 16.7 Å². The Morgan fingerprint density at radius 2 is 1.61 bits per heavy atom. The fourth-order valence-electron chi connectivity index (χ4n) is 2.93. The maximum atomic E-state index is 4.79. The van der Waals surface area contributed by atoms with Gasteiger partial charge >= 0.3 is 0 Å². The largest absolute Gasteiger partial charge is 0.296 e. The average Bonchev–Trinajstić information content (AvgIpc) is 2.71. The number of fused-ring (bicyclic) bond motifs is 1. The van der Waals surface area contributed by atoms with Gasteiger partial charge in [0, 0.05) is 25.7 Å². The SMILES string of the molecule is Cc1ccc2c(C)c(C)n(-c3c(Br)cc(C(C)C)cc3Br)c2n1. The molecule has 0 atom stereocenters. The highest BCUT2D eigenvalue weighted by Crippen LogP contribution is 2.37. The third kappa shape index (κ3) is 2.76. The van der Waals surface area contributed by atoms with Crippen LogP contribution in [-0.2, 0) is 0 Å². The van der Waals surface area contributed by atoms with Gasteiger partial charge in [-0.25, -0.2) is 4.98 Å². The van der Waals surface area contributed by atoms with E-state index in [2.05, 4.69) is 88.4 Å². The Kier molecular flexibility index (Phi) is 4.41. The second kappa shape index (κ2) is 6.06. The lowest BCUT2D eigenvalue weighted by Crippen LogP contribution is -2.02. The monoisotopic (exact) mass is 434 g/mol. The molecule has 2 nitrogen and oxygen atoms in total. The van der Waals surface area contributed by atoms with E-state index in [1.54, 1.807) is 0 Å². The topological polar surface area (TPSA) is 17.8 Å². The first-order valence-electron chi connectivity index (χ1n) is 7.75. The van der Waals surface area contributed by atoms with Gasteiger partial charge in [0.05, 0.1) is 5.69 Å². The fourth-order valence-corrected chi connectivity index (χ4v) is 4.51. The van der Waals surface area contributed by atoms with E-state index in [1.165, 1.54) is 22.2 Å². The molecule has 0 unspecified atom stereocenters. The van der Waals surface area contributed by atoms with Gasteiger partial charge in [-0.1, -0.05) is 13.8 Å². The van der Waals surface area contributed by atoms with Gasteiger partial charge in [0.1, 0.15) is 5.65 Å². The summed E-state index contributed by atoms with van der Waals surface area (Å²) in [4.78, 5) is 4.79. The van der Waals surface area contributed by atoms with Crippen LogP contribution in [0.3, 0.4) is 0 Å². The number of halogens is 2. The molecule has 2 aromatic heterocycles. The highest BCUT2D eigenvalue weighted by molar-refractivity contribution is 9.11. The van der Waals surface area contributed by atoms with Crippen LogP contribution >= 0.6 is 31.9 Å².